The van der Waals surface area contributed by atoms with Gasteiger partial charge in [0.05, 0.1) is 0 Å². The van der Waals surface area contributed by atoms with Gasteiger partial charge in [-0.25, -0.2) is 0 Å². The molecular weight excluding hydrogens is 330 g/mol. The zero-order valence-corrected chi connectivity index (χ0v) is 13.3. The van der Waals surface area contributed by atoms with Crippen LogP contribution in [0.2, 0.25) is 0 Å². The van der Waals surface area contributed by atoms with Crippen LogP contribution in [-0.4, -0.2) is 28.5 Å². The second-order valence-corrected chi connectivity index (χ2v) is 4.78. The van der Waals surface area contributed by atoms with E-state index in [-0.39, 0.29) is 29.9 Å². The minimum atomic E-state index is -0.716. The molecule has 10 heteroatoms. The van der Waals surface area contributed by atoms with E-state index < -0.39 is 18.5 Å². The van der Waals surface area contributed by atoms with E-state index in [9.17, 15) is 14.5 Å². The zero-order valence-electron chi connectivity index (χ0n) is 13.3. The van der Waals surface area contributed by atoms with Crippen molar-refractivity contribution in [1.29, 1.82) is 0 Å². The molecule has 0 fully saturated rings. The Hall–Kier alpha value is -3.56. The molecule has 0 spiro atoms. The molecule has 10 nitrogen and oxygen atoms in total. The smallest absolute Gasteiger partial charge is 0.303 e. The van der Waals surface area contributed by atoms with E-state index in [4.69, 9.17) is 10.5 Å². The third-order valence-corrected chi connectivity index (χ3v) is 2.84. The number of rotatable bonds is 7. The number of nitrogens with zero attached hydrogens (tertiary/aromatic N) is 3. The highest BCUT2D eigenvalue weighted by atomic mass is 16.5. The Morgan fingerprint density at radius 1 is 1.24 bits per heavy atom. The summed E-state index contributed by atoms with van der Waals surface area (Å²) in [4.78, 5) is 41.1. The molecule has 2 aromatic rings. The molecule has 0 unspecified atom stereocenters. The van der Waals surface area contributed by atoms with E-state index in [1.165, 1.54) is 0 Å². The van der Waals surface area contributed by atoms with Crippen LogP contribution in [0.15, 0.2) is 35.5 Å². The number of aromatic nitrogens is 2. The Morgan fingerprint density at radius 2 is 1.96 bits per heavy atom. The van der Waals surface area contributed by atoms with Crippen LogP contribution >= 0.6 is 0 Å². The average Bonchev–Trinajstić information content (AvgIpc) is 2.59. The highest BCUT2D eigenvalue weighted by Gasteiger charge is 2.18. The van der Waals surface area contributed by atoms with Crippen molar-refractivity contribution in [2.24, 2.45) is 5.18 Å². The fourth-order valence-electron chi connectivity index (χ4n) is 1.78. The third kappa shape index (κ3) is 5.23. The van der Waals surface area contributed by atoms with Crippen molar-refractivity contribution < 1.29 is 19.1 Å². The fraction of sp³-hybridized carbons (Fsp3) is 0.200. The number of benzene rings is 1. The first-order valence-corrected chi connectivity index (χ1v) is 7.10. The number of nitrogens with one attached hydrogen (secondary N) is 1. The average molecular weight is 345 g/mol. The summed E-state index contributed by atoms with van der Waals surface area (Å²) in [6, 6.07) is 9.14. The first-order chi connectivity index (χ1) is 12.0. The predicted octanol–water partition coefficient (Wildman–Crippen LogP) is 1.54. The van der Waals surface area contributed by atoms with Gasteiger partial charge < -0.3 is 20.5 Å². The summed E-state index contributed by atoms with van der Waals surface area (Å²) in [5, 5.41) is 5.07. The van der Waals surface area contributed by atoms with Crippen molar-refractivity contribution >= 4 is 29.3 Å². The van der Waals surface area contributed by atoms with E-state index in [0.717, 1.165) is 12.5 Å². The van der Waals surface area contributed by atoms with Gasteiger partial charge >= 0.3 is 5.97 Å². The highest BCUT2D eigenvalue weighted by Crippen LogP contribution is 2.33. The van der Waals surface area contributed by atoms with Crippen molar-refractivity contribution in [3.8, 4) is 5.88 Å². The molecule has 25 heavy (non-hydrogen) atoms. The maximum atomic E-state index is 11.7. The number of carbonyl (C=O) groups is 2. The number of nitroso groups, excluding NO2 is 1. The van der Waals surface area contributed by atoms with Crippen LogP contribution < -0.4 is 15.8 Å². The second-order valence-electron chi connectivity index (χ2n) is 4.78. The number of hydrogen-bond donors (Lipinski definition) is 2. The van der Waals surface area contributed by atoms with Crippen molar-refractivity contribution in [3.05, 3.63) is 40.8 Å². The second kappa shape index (κ2) is 8.34. The zero-order chi connectivity index (χ0) is 18.2. The van der Waals surface area contributed by atoms with Crippen LogP contribution in [-0.2, 0) is 20.9 Å². The topological polar surface area (TPSA) is 146 Å². The first-order valence-electron chi connectivity index (χ1n) is 7.10. The molecule has 0 atom stereocenters. The number of carbonyl (C=O) groups excluding carboxylic acids is 2. The third-order valence-electron chi connectivity index (χ3n) is 2.84. The van der Waals surface area contributed by atoms with Crippen molar-refractivity contribution in [1.82, 2.24) is 9.97 Å². The summed E-state index contributed by atoms with van der Waals surface area (Å²) in [6.45, 7) is 0.724. The summed E-state index contributed by atoms with van der Waals surface area (Å²) in [6.07, 6.45) is 0. The van der Waals surface area contributed by atoms with Crippen LogP contribution in [0.5, 0.6) is 5.88 Å². The number of nitrogens with two attached hydrogens (primary N) is 1. The monoisotopic (exact) mass is 345 g/mol. The van der Waals surface area contributed by atoms with Crippen molar-refractivity contribution in [2.75, 3.05) is 17.7 Å². The van der Waals surface area contributed by atoms with Gasteiger partial charge in [-0.3, -0.25) is 9.59 Å². The van der Waals surface area contributed by atoms with E-state index in [2.05, 4.69) is 25.2 Å². The van der Waals surface area contributed by atoms with E-state index in [0.29, 0.717) is 0 Å². The molecule has 3 N–H and O–H groups in total. The number of ether oxygens (including phenoxy) is 2. The quantitative estimate of drug-likeness (QED) is 0.567. The minimum Gasteiger partial charge on any atom is -0.471 e. The normalized spacial score (nSPS) is 9.96. The fourth-order valence-corrected chi connectivity index (χ4v) is 1.78. The lowest BCUT2D eigenvalue weighted by Gasteiger charge is -2.11. The lowest BCUT2D eigenvalue weighted by Crippen LogP contribution is -2.21. The highest BCUT2D eigenvalue weighted by molar-refractivity contribution is 5.94. The van der Waals surface area contributed by atoms with E-state index >= 15 is 0 Å². The largest absolute Gasteiger partial charge is 0.471 e. The lowest BCUT2D eigenvalue weighted by molar-refractivity contribution is -0.144. The van der Waals surface area contributed by atoms with Gasteiger partial charge in [-0.05, 0) is 10.7 Å². The summed E-state index contributed by atoms with van der Waals surface area (Å²) < 4.78 is 10.0. The molecule has 0 bridgehead atoms. The Bertz CT molecular complexity index is 781. The molecule has 0 saturated carbocycles. The van der Waals surface area contributed by atoms with Gasteiger partial charge in [-0.15, -0.1) is 4.91 Å². The Labute approximate surface area is 142 Å². The molecular formula is C15H15N5O5. The lowest BCUT2D eigenvalue weighted by atomic mass is 10.2. The molecule has 0 radical (unpaired) electrons. The molecule has 1 heterocycles. The Kier molecular flexibility index (Phi) is 5.93. The maximum absolute atomic E-state index is 11.7. The summed E-state index contributed by atoms with van der Waals surface area (Å²) in [5.74, 6) is -1.97. The number of hydrogen-bond acceptors (Lipinski definition) is 9. The van der Waals surface area contributed by atoms with Crippen LogP contribution in [0.4, 0.5) is 17.5 Å². The number of nitrogen functional groups attached to an aromatic ring is 1. The van der Waals surface area contributed by atoms with Gasteiger partial charge in [0.1, 0.15) is 6.61 Å². The number of esters is 1. The van der Waals surface area contributed by atoms with Gasteiger partial charge in [-0.2, -0.15) is 9.97 Å². The molecule has 1 aromatic heterocycles. The van der Waals surface area contributed by atoms with Crippen LogP contribution in [0, 0.1) is 4.91 Å². The first kappa shape index (κ1) is 17.8. The molecule has 2 rings (SSSR count). The molecule has 1 aromatic carbocycles. The number of anilines is 2. The van der Waals surface area contributed by atoms with Gasteiger partial charge in [0.15, 0.2) is 12.4 Å². The maximum Gasteiger partial charge on any atom is 0.303 e. The van der Waals surface area contributed by atoms with E-state index in [1.54, 1.807) is 0 Å². The van der Waals surface area contributed by atoms with Crippen molar-refractivity contribution in [3.63, 3.8) is 0 Å². The molecule has 0 saturated heterocycles. The van der Waals surface area contributed by atoms with Crippen LogP contribution in [0.3, 0.4) is 0 Å². The van der Waals surface area contributed by atoms with Crippen LogP contribution in [0.1, 0.15) is 12.5 Å². The minimum absolute atomic E-state index is 0.112. The summed E-state index contributed by atoms with van der Waals surface area (Å²) >= 11 is 0. The Balaban J connectivity index is 2.17. The Morgan fingerprint density at radius 3 is 2.60 bits per heavy atom. The van der Waals surface area contributed by atoms with E-state index in [1.807, 2.05) is 30.3 Å². The van der Waals surface area contributed by atoms with Crippen molar-refractivity contribution in [2.45, 2.75) is 13.5 Å². The molecule has 0 aliphatic heterocycles. The molecule has 0 aliphatic carbocycles. The SMILES string of the molecule is CC(=O)OCC(=O)Nc1nc(N)nc(OCc2ccccc2)c1N=O. The molecule has 0 aliphatic rings. The molecule has 1 amide bonds. The summed E-state index contributed by atoms with van der Waals surface area (Å²) in [7, 11) is 0. The van der Waals surface area contributed by atoms with Crippen LogP contribution in [0.25, 0.3) is 0 Å². The summed E-state index contributed by atoms with van der Waals surface area (Å²) in [5.41, 5.74) is 6.08. The van der Waals surface area contributed by atoms with Gasteiger partial charge in [-0.1, -0.05) is 30.3 Å². The predicted molar refractivity (Wildman–Crippen MR) is 87.9 cm³/mol. The van der Waals surface area contributed by atoms with Gasteiger partial charge in [0, 0.05) is 6.92 Å². The number of amides is 1. The van der Waals surface area contributed by atoms with Gasteiger partial charge in [0.25, 0.3) is 11.8 Å². The standard InChI is InChI=1S/C15H15N5O5/c1-9(21)24-8-11(22)17-13-12(20-23)14(19-15(16)18-13)25-7-10-5-3-2-4-6-10/h2-6H,7-8H2,1H3,(H3,16,17,18,19,22). The molecule has 130 valence electrons. The van der Waals surface area contributed by atoms with Gasteiger partial charge in [0.2, 0.25) is 11.6 Å².